The average Bonchev–Trinajstić information content (AvgIpc) is 3.19. The van der Waals surface area contributed by atoms with Crippen LogP contribution in [0.15, 0.2) is 36.7 Å². The Balaban J connectivity index is 1.66. The Bertz CT molecular complexity index is 1210. The van der Waals surface area contributed by atoms with Gasteiger partial charge in [-0.05, 0) is 0 Å². The van der Waals surface area contributed by atoms with Crippen molar-refractivity contribution in [3.05, 3.63) is 53.7 Å². The zero-order valence-corrected chi connectivity index (χ0v) is 21.3. The van der Waals surface area contributed by atoms with E-state index in [0.29, 0.717) is 22.9 Å². The van der Waals surface area contributed by atoms with Gasteiger partial charge in [-0.15, -0.1) is 0 Å². The van der Waals surface area contributed by atoms with Crippen molar-refractivity contribution in [2.24, 2.45) is 5.92 Å². The molecule has 180 valence electrons. The van der Waals surface area contributed by atoms with Gasteiger partial charge in [-0.3, -0.25) is 0 Å². The molecule has 5 rings (SSSR count). The fourth-order valence-corrected chi connectivity index (χ4v) is 7.71. The van der Waals surface area contributed by atoms with Crippen LogP contribution in [0.25, 0.3) is 11.3 Å². The molecule has 0 aliphatic carbocycles. The number of hydrogen-bond acceptors (Lipinski definition) is 5. The number of nitrogens with zero attached hydrogens (tertiary/aromatic N) is 1. The first-order valence-electron chi connectivity index (χ1n) is 11.5. The van der Waals surface area contributed by atoms with E-state index >= 15 is 0 Å². The predicted octanol–water partition coefficient (Wildman–Crippen LogP) is 1.51. The monoisotopic (exact) mass is 576 g/mol. The molecule has 1 amide bonds. The first kappa shape index (κ1) is 22.9. The van der Waals surface area contributed by atoms with Crippen molar-refractivity contribution in [2.45, 2.75) is 30.2 Å². The normalized spacial score (nSPS) is 20.3. The van der Waals surface area contributed by atoms with Crippen molar-refractivity contribution in [3.63, 3.8) is 0 Å². The summed E-state index contributed by atoms with van der Waals surface area (Å²) in [5.74, 6) is 0.182. The van der Waals surface area contributed by atoms with Crippen molar-refractivity contribution < 1.29 is 35.1 Å². The number of alkyl halides is 2. The topological polar surface area (TPSA) is 91.1 Å². The second-order valence-electron chi connectivity index (χ2n) is 8.72. The van der Waals surface area contributed by atoms with Gasteiger partial charge in [0.05, 0.1) is 0 Å². The summed E-state index contributed by atoms with van der Waals surface area (Å²) < 4.78 is 21.1. The molecule has 0 saturated heterocycles. The van der Waals surface area contributed by atoms with Crippen molar-refractivity contribution in [1.29, 1.82) is 0 Å². The molecule has 4 N–H and O–H groups in total. The molecule has 1 aromatic carbocycles. The maximum absolute atomic E-state index is 14.4. The summed E-state index contributed by atoms with van der Waals surface area (Å²) in [4.78, 5) is 21.2. The minimum absolute atomic E-state index is 0.0996. The number of hydrogen-bond donors (Lipinski definition) is 4. The molecule has 2 atom stereocenters. The van der Waals surface area contributed by atoms with Crippen molar-refractivity contribution in [1.82, 2.24) is 15.3 Å². The predicted molar refractivity (Wildman–Crippen MR) is 127 cm³/mol. The summed E-state index contributed by atoms with van der Waals surface area (Å²) >= 11 is -0.182. The van der Waals surface area contributed by atoms with Crippen LogP contribution in [-0.4, -0.2) is 38.0 Å². The van der Waals surface area contributed by atoms with E-state index < -0.39 is 5.82 Å². The van der Waals surface area contributed by atoms with E-state index in [1.165, 1.54) is 17.6 Å². The molecule has 9 heteroatoms. The summed E-state index contributed by atoms with van der Waals surface area (Å²) in [5.41, 5.74) is 5.14. The number of aromatic nitrogens is 2. The first-order valence-corrected chi connectivity index (χ1v) is 14.2. The van der Waals surface area contributed by atoms with E-state index in [-0.39, 0.29) is 36.9 Å². The van der Waals surface area contributed by atoms with Crippen LogP contribution in [0.4, 0.5) is 21.5 Å². The number of pyridine rings is 1. The summed E-state index contributed by atoms with van der Waals surface area (Å²) in [6, 6.07) is 6.65. The number of nitrogens with one attached hydrogen (secondary N) is 4. The van der Waals surface area contributed by atoms with E-state index in [1.54, 1.807) is 18.3 Å². The number of H-pyrrole nitrogens is 1. The number of rotatable bonds is 3. The second kappa shape index (κ2) is 9.81. The third kappa shape index (κ3) is 4.45. The third-order valence-electron chi connectivity index (χ3n) is 6.22. The van der Waals surface area contributed by atoms with Gasteiger partial charge in [0.1, 0.15) is 0 Å². The van der Waals surface area contributed by atoms with Gasteiger partial charge in [0, 0.05) is 0 Å². The summed E-state index contributed by atoms with van der Waals surface area (Å²) in [5, 5.41) is 10.1. The molecule has 3 bridgehead atoms. The molecular formula is C25H28FIN5O2-. The first-order chi connectivity index (χ1) is 16.5. The van der Waals surface area contributed by atoms with Gasteiger partial charge in [-0.1, -0.05) is 0 Å². The molecule has 2 unspecified atom stereocenters. The van der Waals surface area contributed by atoms with Crippen LogP contribution >= 0.6 is 0 Å². The van der Waals surface area contributed by atoms with Gasteiger partial charge in [0.2, 0.25) is 0 Å². The number of benzene rings is 1. The summed E-state index contributed by atoms with van der Waals surface area (Å²) in [7, 11) is 1.44. The number of para-hydroxylation sites is 1. The number of ether oxygens (including phenoxy) is 1. The van der Waals surface area contributed by atoms with Crippen LogP contribution in [0.5, 0.6) is 5.75 Å². The Kier molecular flexibility index (Phi) is 6.62. The van der Waals surface area contributed by atoms with Gasteiger partial charge in [-0.25, -0.2) is 0 Å². The number of fused-ring (bicyclic) bond motifs is 4. The SMILES string of the molecule is COc1c(F)cccc1Nc1c2[nH]c3c1C(=O)NC(C3)[I-]CC(C)CCCNc1cnccc1-2. The fourth-order valence-electron chi connectivity index (χ4n) is 4.53. The van der Waals surface area contributed by atoms with Crippen molar-refractivity contribution in [2.75, 3.05) is 28.7 Å². The van der Waals surface area contributed by atoms with Gasteiger partial charge < -0.3 is 0 Å². The summed E-state index contributed by atoms with van der Waals surface area (Å²) in [6.45, 7) is 3.15. The van der Waals surface area contributed by atoms with Crippen LogP contribution < -0.4 is 41.9 Å². The standard InChI is InChI=1S/C25H28FIN5O2/c1-14-5-4-9-29-19-13-28-10-8-15(19)22-23(30-17-7-3-6-16(26)24(17)34-2)21-18(31-22)11-20(27-12-14)32-25(21)33/h3,6-8,10,13-14,20,29-31H,4-5,9,11-12H2,1-2H3,(H,32,33)/q-1. The van der Waals surface area contributed by atoms with E-state index in [9.17, 15) is 9.18 Å². The number of aromatic amines is 1. The molecule has 7 nitrogen and oxygen atoms in total. The van der Waals surface area contributed by atoms with Gasteiger partial charge in [0.25, 0.3) is 0 Å². The van der Waals surface area contributed by atoms with Crippen LogP contribution in [0.2, 0.25) is 0 Å². The molecule has 34 heavy (non-hydrogen) atoms. The van der Waals surface area contributed by atoms with Crippen LogP contribution in [0, 0.1) is 11.7 Å². The number of carbonyl (C=O) groups excluding carboxylic acids is 1. The molecule has 2 aliphatic rings. The van der Waals surface area contributed by atoms with Crippen LogP contribution in [0.1, 0.15) is 35.8 Å². The Morgan fingerprint density at radius 3 is 3.03 bits per heavy atom. The van der Waals surface area contributed by atoms with Crippen molar-refractivity contribution in [3.8, 4) is 17.0 Å². The quantitative estimate of drug-likeness (QED) is 0.216. The molecular weight excluding hydrogens is 548 g/mol. The Hall–Kier alpha value is -2.82. The zero-order chi connectivity index (χ0) is 23.7. The van der Waals surface area contributed by atoms with E-state index in [4.69, 9.17) is 4.74 Å². The fraction of sp³-hybridized carbons (Fsp3) is 0.360. The molecule has 2 aliphatic heterocycles. The van der Waals surface area contributed by atoms with Crippen LogP contribution in [0.3, 0.4) is 0 Å². The van der Waals surface area contributed by atoms with E-state index in [1.807, 2.05) is 12.3 Å². The molecule has 0 saturated carbocycles. The Morgan fingerprint density at radius 1 is 1.29 bits per heavy atom. The Morgan fingerprint density at radius 2 is 2.18 bits per heavy atom. The molecule has 3 aromatic rings. The van der Waals surface area contributed by atoms with Crippen molar-refractivity contribution >= 4 is 23.0 Å². The molecule has 0 fully saturated rings. The van der Waals surface area contributed by atoms with E-state index in [2.05, 4.69) is 32.8 Å². The van der Waals surface area contributed by atoms with E-state index in [0.717, 1.165) is 48.4 Å². The second-order valence-corrected chi connectivity index (χ2v) is 12.0. The third-order valence-corrected chi connectivity index (χ3v) is 10.1. The average molecular weight is 576 g/mol. The van der Waals surface area contributed by atoms with Crippen LogP contribution in [-0.2, 0) is 6.42 Å². The number of halogens is 2. The Labute approximate surface area is 208 Å². The number of amides is 1. The van der Waals surface area contributed by atoms with Gasteiger partial charge >= 0.3 is 209 Å². The number of carbonyl (C=O) groups is 1. The molecule has 0 spiro atoms. The molecule has 0 radical (unpaired) electrons. The molecule has 4 heterocycles. The number of methoxy groups -OCH3 is 1. The van der Waals surface area contributed by atoms with Gasteiger partial charge in [0.15, 0.2) is 0 Å². The maximum atomic E-state index is 14.4. The minimum atomic E-state index is -0.466. The number of anilines is 3. The summed E-state index contributed by atoms with van der Waals surface area (Å²) in [6.07, 6.45) is 6.55. The molecule has 2 aromatic heterocycles. The van der Waals surface area contributed by atoms with Gasteiger partial charge in [-0.2, -0.15) is 0 Å². The zero-order valence-electron chi connectivity index (χ0n) is 19.2.